The topological polar surface area (TPSA) is 9.23 Å². The van der Waals surface area contributed by atoms with Crippen molar-refractivity contribution in [3.63, 3.8) is 0 Å². The van der Waals surface area contributed by atoms with Gasteiger partial charge in [0.2, 0.25) is 0 Å². The van der Waals surface area contributed by atoms with Crippen LogP contribution in [0.15, 0.2) is 0 Å². The van der Waals surface area contributed by atoms with Crippen molar-refractivity contribution in [2.24, 2.45) is 29.6 Å². The molecule has 25 heavy (non-hydrogen) atoms. The first-order valence-corrected chi connectivity index (χ1v) is 11.9. The van der Waals surface area contributed by atoms with Gasteiger partial charge in [0.15, 0.2) is 0 Å². The molecule has 3 aliphatic rings. The van der Waals surface area contributed by atoms with Gasteiger partial charge in [0.25, 0.3) is 0 Å². The third-order valence-electron chi connectivity index (χ3n) is 7.92. The average Bonchev–Trinajstić information content (AvgIpc) is 2.65. The van der Waals surface area contributed by atoms with Crippen molar-refractivity contribution in [3.05, 3.63) is 0 Å². The Kier molecular flexibility index (Phi) is 8.15. The van der Waals surface area contributed by atoms with E-state index in [4.69, 9.17) is 4.74 Å². The number of rotatable bonds is 9. The van der Waals surface area contributed by atoms with E-state index in [9.17, 15) is 0 Å². The molecule has 0 N–H and O–H groups in total. The van der Waals surface area contributed by atoms with Crippen molar-refractivity contribution in [2.75, 3.05) is 6.61 Å². The maximum absolute atomic E-state index is 6.24. The molecular weight excluding hydrogens is 304 g/mol. The molecule has 1 heteroatoms. The molecule has 3 rings (SSSR count). The molecule has 146 valence electrons. The van der Waals surface area contributed by atoms with Gasteiger partial charge in [0.1, 0.15) is 0 Å². The Hall–Kier alpha value is -0.0400. The second-order valence-electron chi connectivity index (χ2n) is 9.61. The summed E-state index contributed by atoms with van der Waals surface area (Å²) >= 11 is 0. The van der Waals surface area contributed by atoms with Gasteiger partial charge in [-0.1, -0.05) is 58.8 Å². The Labute approximate surface area is 157 Å². The van der Waals surface area contributed by atoms with Crippen LogP contribution in [0.3, 0.4) is 0 Å². The fourth-order valence-electron chi connectivity index (χ4n) is 6.55. The SMILES string of the molecule is CCCCCOC1CCC2C(CCC3CC(CCCCC)CCC32)C1. The normalized spacial score (nSPS) is 38.2. The van der Waals surface area contributed by atoms with Gasteiger partial charge in [-0.25, -0.2) is 0 Å². The smallest absolute Gasteiger partial charge is 0.0578 e. The van der Waals surface area contributed by atoms with Gasteiger partial charge < -0.3 is 4.74 Å². The average molecular weight is 349 g/mol. The number of ether oxygens (including phenoxy) is 1. The zero-order chi connectivity index (χ0) is 17.5. The van der Waals surface area contributed by atoms with Crippen LogP contribution >= 0.6 is 0 Å². The third-order valence-corrected chi connectivity index (χ3v) is 7.92. The summed E-state index contributed by atoms with van der Waals surface area (Å²) in [7, 11) is 0. The molecule has 3 saturated carbocycles. The third kappa shape index (κ3) is 5.47. The molecule has 3 aliphatic carbocycles. The molecule has 0 spiro atoms. The van der Waals surface area contributed by atoms with Crippen LogP contribution < -0.4 is 0 Å². The highest BCUT2D eigenvalue weighted by atomic mass is 16.5. The van der Waals surface area contributed by atoms with Gasteiger partial charge in [0.05, 0.1) is 6.10 Å². The van der Waals surface area contributed by atoms with E-state index in [0.717, 1.165) is 36.2 Å². The van der Waals surface area contributed by atoms with E-state index in [1.54, 1.807) is 25.7 Å². The fourth-order valence-corrected chi connectivity index (χ4v) is 6.55. The molecular formula is C24H44O. The van der Waals surface area contributed by atoms with Crippen molar-refractivity contribution >= 4 is 0 Å². The molecule has 0 aromatic rings. The summed E-state index contributed by atoms with van der Waals surface area (Å²) in [5.41, 5.74) is 0. The standard InChI is InChI=1S/C24H44O/c1-3-5-7-9-19-10-14-23-20(17-19)11-12-21-18-22(13-15-24(21)23)25-16-8-6-4-2/h19-24H,3-18H2,1-2H3. The summed E-state index contributed by atoms with van der Waals surface area (Å²) in [4.78, 5) is 0. The van der Waals surface area contributed by atoms with Gasteiger partial charge in [0, 0.05) is 6.61 Å². The second kappa shape index (κ2) is 10.3. The highest BCUT2D eigenvalue weighted by Crippen LogP contribution is 2.53. The van der Waals surface area contributed by atoms with Crippen LogP contribution in [0.1, 0.15) is 110 Å². The van der Waals surface area contributed by atoms with E-state index in [0.29, 0.717) is 6.10 Å². The van der Waals surface area contributed by atoms with E-state index >= 15 is 0 Å². The van der Waals surface area contributed by atoms with Gasteiger partial charge in [-0.3, -0.25) is 0 Å². The van der Waals surface area contributed by atoms with E-state index in [1.807, 2.05) is 0 Å². The minimum atomic E-state index is 0.597. The molecule has 1 nitrogen and oxygen atoms in total. The number of unbranched alkanes of at least 4 members (excludes halogenated alkanes) is 4. The Morgan fingerprint density at radius 3 is 2.12 bits per heavy atom. The highest BCUT2D eigenvalue weighted by Gasteiger charge is 2.44. The highest BCUT2D eigenvalue weighted by molar-refractivity contribution is 4.94. The van der Waals surface area contributed by atoms with E-state index in [2.05, 4.69) is 13.8 Å². The van der Waals surface area contributed by atoms with Crippen molar-refractivity contribution in [1.82, 2.24) is 0 Å². The Bertz CT molecular complexity index is 365. The molecule has 6 unspecified atom stereocenters. The molecule has 0 radical (unpaired) electrons. The van der Waals surface area contributed by atoms with E-state index in [1.165, 1.54) is 70.6 Å². The molecule has 0 amide bonds. The monoisotopic (exact) mass is 348 g/mol. The predicted octanol–water partition coefficient (Wildman–Crippen LogP) is 7.38. The number of hydrogen-bond acceptors (Lipinski definition) is 1. The lowest BCUT2D eigenvalue weighted by molar-refractivity contribution is -0.0539. The van der Waals surface area contributed by atoms with Crippen LogP contribution in [0.5, 0.6) is 0 Å². The van der Waals surface area contributed by atoms with Gasteiger partial charge in [-0.2, -0.15) is 0 Å². The maximum Gasteiger partial charge on any atom is 0.0578 e. The van der Waals surface area contributed by atoms with Crippen LogP contribution in [-0.4, -0.2) is 12.7 Å². The van der Waals surface area contributed by atoms with E-state index in [-0.39, 0.29) is 0 Å². The van der Waals surface area contributed by atoms with Crippen molar-refractivity contribution in [3.8, 4) is 0 Å². The summed E-state index contributed by atoms with van der Waals surface area (Å²) in [6.45, 7) is 5.63. The van der Waals surface area contributed by atoms with E-state index < -0.39 is 0 Å². The lowest BCUT2D eigenvalue weighted by Crippen LogP contribution is -2.42. The van der Waals surface area contributed by atoms with Crippen LogP contribution in [0.2, 0.25) is 0 Å². The van der Waals surface area contributed by atoms with Crippen molar-refractivity contribution in [1.29, 1.82) is 0 Å². The lowest BCUT2D eigenvalue weighted by Gasteiger charge is -2.50. The van der Waals surface area contributed by atoms with Crippen LogP contribution in [0.25, 0.3) is 0 Å². The van der Waals surface area contributed by atoms with Crippen LogP contribution in [-0.2, 0) is 4.74 Å². The zero-order valence-electron chi connectivity index (χ0n) is 17.2. The first-order valence-electron chi connectivity index (χ1n) is 11.9. The zero-order valence-corrected chi connectivity index (χ0v) is 17.2. The predicted molar refractivity (Wildman–Crippen MR) is 108 cm³/mol. The maximum atomic E-state index is 6.24. The fraction of sp³-hybridized carbons (Fsp3) is 1.00. The quantitative estimate of drug-likeness (QED) is 0.395. The number of hydrogen-bond donors (Lipinski definition) is 0. The molecule has 6 atom stereocenters. The molecule has 0 bridgehead atoms. The van der Waals surface area contributed by atoms with Crippen molar-refractivity contribution < 1.29 is 4.74 Å². The lowest BCUT2D eigenvalue weighted by atomic mass is 9.56. The molecule has 0 aliphatic heterocycles. The van der Waals surface area contributed by atoms with Gasteiger partial charge in [-0.05, 0) is 81.0 Å². The molecule has 0 saturated heterocycles. The molecule has 0 aromatic carbocycles. The summed E-state index contributed by atoms with van der Waals surface area (Å²) in [6, 6.07) is 0. The first-order chi connectivity index (χ1) is 12.3. The Balaban J connectivity index is 1.42. The van der Waals surface area contributed by atoms with Gasteiger partial charge >= 0.3 is 0 Å². The second-order valence-corrected chi connectivity index (χ2v) is 9.61. The minimum Gasteiger partial charge on any atom is -0.378 e. The van der Waals surface area contributed by atoms with Crippen molar-refractivity contribution in [2.45, 2.75) is 116 Å². The largest absolute Gasteiger partial charge is 0.378 e. The minimum absolute atomic E-state index is 0.597. The summed E-state index contributed by atoms with van der Waals surface area (Å²) in [5, 5.41) is 0. The summed E-state index contributed by atoms with van der Waals surface area (Å²) in [6.07, 6.45) is 22.3. The molecule has 0 aromatic heterocycles. The van der Waals surface area contributed by atoms with Crippen LogP contribution in [0.4, 0.5) is 0 Å². The number of fused-ring (bicyclic) bond motifs is 3. The van der Waals surface area contributed by atoms with Crippen LogP contribution in [0, 0.1) is 29.6 Å². The molecule has 0 heterocycles. The molecule has 3 fully saturated rings. The van der Waals surface area contributed by atoms with Gasteiger partial charge in [-0.15, -0.1) is 0 Å². The first kappa shape index (κ1) is 19.7. The Morgan fingerprint density at radius 1 is 0.680 bits per heavy atom. The summed E-state index contributed by atoms with van der Waals surface area (Å²) in [5.74, 6) is 5.31. The Morgan fingerprint density at radius 2 is 1.36 bits per heavy atom. The summed E-state index contributed by atoms with van der Waals surface area (Å²) < 4.78 is 6.24.